The summed E-state index contributed by atoms with van der Waals surface area (Å²) in [6.07, 6.45) is 21.8. The smallest absolute Gasteiger partial charge is 0.744 e. The minimum atomic E-state index is -4.36. The Morgan fingerprint density at radius 2 is 1.03 bits per heavy atom. The van der Waals surface area contributed by atoms with Crippen LogP contribution in [-0.4, -0.2) is 13.0 Å². The van der Waals surface area contributed by atoms with Crippen molar-refractivity contribution in [2.24, 2.45) is 0 Å². The van der Waals surface area contributed by atoms with Crippen molar-refractivity contribution in [3.8, 4) is 0 Å². The number of unbranched alkanes of at least 4 members (excludes halogenated alkanes) is 15. The van der Waals surface area contributed by atoms with Gasteiger partial charge >= 0.3 is 19.5 Å². The summed E-state index contributed by atoms with van der Waals surface area (Å²) < 4.78 is 33.8. The molecule has 0 aliphatic heterocycles. The first-order valence-electron chi connectivity index (χ1n) is 11.6. The van der Waals surface area contributed by atoms with Crippen LogP contribution in [0.3, 0.4) is 0 Å². The fraction of sp³-hybridized carbons (Fsp3) is 0.750. The van der Waals surface area contributed by atoms with Crippen molar-refractivity contribution in [1.29, 1.82) is 0 Å². The molecule has 0 heterocycles. The second-order valence-electron chi connectivity index (χ2n) is 8.12. The first-order chi connectivity index (χ1) is 13.6. The van der Waals surface area contributed by atoms with Crippen LogP contribution in [0.2, 0.25) is 0 Å². The number of rotatable bonds is 18. The molecule has 0 aliphatic rings. The van der Waals surface area contributed by atoms with Gasteiger partial charge in [0.15, 0.2) is 0 Å². The Morgan fingerprint density at radius 3 is 1.45 bits per heavy atom. The average Bonchev–Trinajstić information content (AvgIpc) is 2.67. The molecular weight excluding hydrogens is 434 g/mol. The quantitative estimate of drug-likeness (QED) is 0.126. The molecular formula is C24H41O3SZn+. The number of benzene rings is 1. The zero-order chi connectivity index (χ0) is 20.5. The van der Waals surface area contributed by atoms with Crippen molar-refractivity contribution in [3.63, 3.8) is 0 Å². The van der Waals surface area contributed by atoms with Gasteiger partial charge in [0, 0.05) is 0 Å². The molecule has 0 aromatic heterocycles. The predicted molar refractivity (Wildman–Crippen MR) is 118 cm³/mol. The molecule has 1 aromatic carbocycles. The molecule has 0 bridgehead atoms. The largest absolute Gasteiger partial charge is 2.00 e. The van der Waals surface area contributed by atoms with Gasteiger partial charge in [-0.25, -0.2) is 8.42 Å². The molecule has 5 heteroatoms. The molecule has 3 nitrogen and oxygen atoms in total. The average molecular weight is 475 g/mol. The molecule has 162 valence electrons. The second kappa shape index (κ2) is 18.5. The second-order valence-corrected chi connectivity index (χ2v) is 9.46. The van der Waals surface area contributed by atoms with Gasteiger partial charge in [-0.3, -0.25) is 0 Å². The van der Waals surface area contributed by atoms with Crippen molar-refractivity contribution in [1.82, 2.24) is 0 Å². The molecule has 29 heavy (non-hydrogen) atoms. The fourth-order valence-electron chi connectivity index (χ4n) is 3.82. The SMILES string of the molecule is CCCCCCCCCCCCCCCCCCc1ccccc1S(=O)(=O)[O-].[Zn+2]. The van der Waals surface area contributed by atoms with Crippen LogP contribution in [-0.2, 0) is 36.0 Å². The molecule has 0 saturated heterocycles. The standard InChI is InChI=1S/C24H42O3S.Zn/c1-2-3-4-5-6-7-8-9-10-11-12-13-14-15-16-17-20-23-21-18-19-22-24(23)28(25,26)27;/h18-19,21-22H,2-17,20H2,1H3,(H,25,26,27);/q;+2/p-1. The zero-order valence-electron chi connectivity index (χ0n) is 18.7. The maximum atomic E-state index is 11.3. The van der Waals surface area contributed by atoms with Gasteiger partial charge in [0.05, 0.1) is 4.90 Å². The number of hydrogen-bond donors (Lipinski definition) is 0. The summed E-state index contributed by atoms with van der Waals surface area (Å²) in [5, 5.41) is 0. The first-order valence-corrected chi connectivity index (χ1v) is 13.0. The van der Waals surface area contributed by atoms with Crippen LogP contribution in [0.15, 0.2) is 29.2 Å². The van der Waals surface area contributed by atoms with Gasteiger partial charge in [-0.1, -0.05) is 121 Å². The summed E-state index contributed by atoms with van der Waals surface area (Å²) in [4.78, 5) is -0.0454. The summed E-state index contributed by atoms with van der Waals surface area (Å²) in [5.41, 5.74) is 0.669. The molecule has 0 unspecified atom stereocenters. The fourth-order valence-corrected chi connectivity index (χ4v) is 4.55. The Morgan fingerprint density at radius 1 is 0.655 bits per heavy atom. The zero-order valence-corrected chi connectivity index (χ0v) is 22.5. The van der Waals surface area contributed by atoms with E-state index in [9.17, 15) is 13.0 Å². The molecule has 0 fully saturated rings. The third kappa shape index (κ3) is 15.2. The molecule has 0 amide bonds. The normalized spacial score (nSPS) is 11.4. The monoisotopic (exact) mass is 473 g/mol. The molecule has 1 aromatic rings. The maximum absolute atomic E-state index is 11.3. The van der Waals surface area contributed by atoms with Gasteiger partial charge in [0.25, 0.3) is 0 Å². The van der Waals surface area contributed by atoms with Crippen molar-refractivity contribution in [3.05, 3.63) is 29.8 Å². The summed E-state index contributed by atoms with van der Waals surface area (Å²) >= 11 is 0. The van der Waals surface area contributed by atoms with Crippen LogP contribution in [0.4, 0.5) is 0 Å². The van der Waals surface area contributed by atoms with E-state index in [0.29, 0.717) is 12.0 Å². The molecule has 1 rings (SSSR count). The van der Waals surface area contributed by atoms with Gasteiger partial charge in [0.2, 0.25) is 0 Å². The van der Waals surface area contributed by atoms with E-state index in [1.807, 2.05) is 0 Å². The van der Waals surface area contributed by atoms with E-state index in [-0.39, 0.29) is 24.4 Å². The van der Waals surface area contributed by atoms with Crippen molar-refractivity contribution < 1.29 is 32.4 Å². The first kappa shape index (κ1) is 28.8. The van der Waals surface area contributed by atoms with Crippen LogP contribution in [0.5, 0.6) is 0 Å². The third-order valence-corrected chi connectivity index (χ3v) is 6.48. The van der Waals surface area contributed by atoms with E-state index in [0.717, 1.165) is 12.8 Å². The van der Waals surface area contributed by atoms with Crippen molar-refractivity contribution >= 4 is 10.1 Å². The summed E-state index contributed by atoms with van der Waals surface area (Å²) in [7, 11) is -4.36. The van der Waals surface area contributed by atoms with Crippen LogP contribution in [0.25, 0.3) is 0 Å². The van der Waals surface area contributed by atoms with E-state index < -0.39 is 10.1 Å². The Bertz CT molecular complexity index is 602. The van der Waals surface area contributed by atoms with Crippen molar-refractivity contribution in [2.75, 3.05) is 0 Å². The molecule has 0 saturated carbocycles. The van der Waals surface area contributed by atoms with Crippen molar-refractivity contribution in [2.45, 2.75) is 121 Å². The Hall–Kier alpha value is -0.247. The molecule has 0 N–H and O–H groups in total. The van der Waals surface area contributed by atoms with E-state index in [4.69, 9.17) is 0 Å². The van der Waals surface area contributed by atoms with Crippen LogP contribution >= 0.6 is 0 Å². The van der Waals surface area contributed by atoms with Gasteiger partial charge < -0.3 is 4.55 Å². The Labute approximate surface area is 193 Å². The van der Waals surface area contributed by atoms with Crippen LogP contribution < -0.4 is 0 Å². The van der Waals surface area contributed by atoms with Crippen LogP contribution in [0, 0.1) is 0 Å². The molecule has 0 radical (unpaired) electrons. The van der Waals surface area contributed by atoms with E-state index in [1.54, 1.807) is 18.2 Å². The molecule has 0 atom stereocenters. The number of aryl methyl sites for hydroxylation is 1. The summed E-state index contributed by atoms with van der Waals surface area (Å²) in [6.45, 7) is 2.27. The topological polar surface area (TPSA) is 57.2 Å². The van der Waals surface area contributed by atoms with E-state index in [2.05, 4.69) is 6.92 Å². The molecule has 0 spiro atoms. The Kier molecular flexibility index (Phi) is 18.4. The van der Waals surface area contributed by atoms with Gasteiger partial charge in [-0.2, -0.15) is 0 Å². The predicted octanol–water partition coefficient (Wildman–Crippen LogP) is 7.39. The van der Waals surface area contributed by atoms with E-state index in [1.165, 1.54) is 96.0 Å². The number of hydrogen-bond acceptors (Lipinski definition) is 3. The summed E-state index contributed by atoms with van der Waals surface area (Å²) in [5.74, 6) is 0. The molecule has 0 aliphatic carbocycles. The maximum Gasteiger partial charge on any atom is 2.00 e. The van der Waals surface area contributed by atoms with Gasteiger partial charge in [0.1, 0.15) is 10.1 Å². The van der Waals surface area contributed by atoms with Gasteiger partial charge in [-0.05, 0) is 24.5 Å². The van der Waals surface area contributed by atoms with Gasteiger partial charge in [-0.15, -0.1) is 0 Å². The van der Waals surface area contributed by atoms with Crippen LogP contribution in [0.1, 0.15) is 115 Å². The minimum absolute atomic E-state index is 0. The third-order valence-electron chi connectivity index (χ3n) is 5.54. The van der Waals surface area contributed by atoms with E-state index >= 15 is 0 Å². The minimum Gasteiger partial charge on any atom is -0.744 e. The summed E-state index contributed by atoms with van der Waals surface area (Å²) in [6, 6.07) is 6.60. The Balaban J connectivity index is 0.00000784.